The Morgan fingerprint density at radius 2 is 2.07 bits per heavy atom. The van der Waals surface area contributed by atoms with Gasteiger partial charge in [0.2, 0.25) is 5.91 Å². The van der Waals surface area contributed by atoms with Crippen molar-refractivity contribution < 1.29 is 15.0 Å². The highest BCUT2D eigenvalue weighted by Crippen LogP contribution is 2.38. The predicted molar refractivity (Wildman–Crippen MR) is 55.2 cm³/mol. The maximum atomic E-state index is 11.5. The van der Waals surface area contributed by atoms with Crippen molar-refractivity contribution in [1.29, 1.82) is 0 Å². The van der Waals surface area contributed by atoms with E-state index in [9.17, 15) is 15.0 Å². The van der Waals surface area contributed by atoms with Gasteiger partial charge in [0.25, 0.3) is 0 Å². The van der Waals surface area contributed by atoms with Gasteiger partial charge in [-0.1, -0.05) is 12.8 Å². The smallest absolute Gasteiger partial charge is 0.225 e. The third kappa shape index (κ3) is 2.16. The Balaban J connectivity index is 1.98. The maximum absolute atomic E-state index is 11.5. The van der Waals surface area contributed by atoms with Gasteiger partial charge >= 0.3 is 0 Å². The fraction of sp³-hybridized carbons (Fsp3) is 0.909. The fourth-order valence-corrected chi connectivity index (χ4v) is 2.80. The molecule has 0 aromatic carbocycles. The Hall–Kier alpha value is -0.610. The van der Waals surface area contributed by atoms with Gasteiger partial charge in [0.1, 0.15) is 0 Å². The molecular formula is C11H19NO3. The molecule has 1 unspecified atom stereocenters. The van der Waals surface area contributed by atoms with E-state index < -0.39 is 6.10 Å². The van der Waals surface area contributed by atoms with Crippen molar-refractivity contribution >= 4 is 5.91 Å². The summed E-state index contributed by atoms with van der Waals surface area (Å²) in [5.74, 6) is 0.0298. The van der Waals surface area contributed by atoms with E-state index >= 15 is 0 Å². The number of β-amino-alcohol motifs (C(OH)–C–C–N with tert-alkyl or cyclic N) is 1. The standard InChI is InChI=1S/C11H19NO3/c13-8-11(3-1-2-4-11)7-12-6-9(14)5-10(12)15/h9,13-14H,1-8H2. The van der Waals surface area contributed by atoms with Crippen molar-refractivity contribution in [2.75, 3.05) is 19.7 Å². The number of carbonyl (C=O) groups excluding carboxylic acids is 1. The summed E-state index contributed by atoms with van der Waals surface area (Å²) in [5, 5.41) is 18.8. The van der Waals surface area contributed by atoms with Crippen LogP contribution in [0.3, 0.4) is 0 Å². The van der Waals surface area contributed by atoms with E-state index in [0.29, 0.717) is 13.1 Å². The van der Waals surface area contributed by atoms with E-state index in [1.807, 2.05) is 0 Å². The molecule has 0 aromatic heterocycles. The Kier molecular flexibility index (Phi) is 2.98. The molecule has 1 aliphatic carbocycles. The van der Waals surface area contributed by atoms with Crippen LogP contribution in [-0.4, -0.2) is 46.8 Å². The molecule has 2 N–H and O–H groups in total. The van der Waals surface area contributed by atoms with Gasteiger partial charge in [0.15, 0.2) is 0 Å². The first-order valence-electron chi connectivity index (χ1n) is 5.72. The van der Waals surface area contributed by atoms with Gasteiger partial charge in [-0.25, -0.2) is 0 Å². The first-order chi connectivity index (χ1) is 7.15. The molecule has 0 aromatic rings. The van der Waals surface area contributed by atoms with Crippen LogP contribution in [0.2, 0.25) is 0 Å². The summed E-state index contributed by atoms with van der Waals surface area (Å²) in [7, 11) is 0. The normalized spacial score (nSPS) is 30.1. The summed E-state index contributed by atoms with van der Waals surface area (Å²) < 4.78 is 0. The van der Waals surface area contributed by atoms with E-state index in [-0.39, 0.29) is 24.3 Å². The summed E-state index contributed by atoms with van der Waals surface area (Å²) in [5.41, 5.74) is -0.0836. The summed E-state index contributed by atoms with van der Waals surface area (Å²) in [4.78, 5) is 13.2. The minimum atomic E-state index is -0.505. The number of hydrogen-bond acceptors (Lipinski definition) is 3. The van der Waals surface area contributed by atoms with Crippen molar-refractivity contribution in [3.05, 3.63) is 0 Å². The van der Waals surface area contributed by atoms with Crippen LogP contribution >= 0.6 is 0 Å². The molecule has 1 heterocycles. The van der Waals surface area contributed by atoms with Gasteiger partial charge in [-0.15, -0.1) is 0 Å². The molecule has 15 heavy (non-hydrogen) atoms. The third-order valence-corrected chi connectivity index (χ3v) is 3.72. The van der Waals surface area contributed by atoms with Crippen LogP contribution in [0, 0.1) is 5.41 Å². The molecule has 0 bridgehead atoms. The Morgan fingerprint density at radius 1 is 1.40 bits per heavy atom. The molecule has 2 rings (SSSR count). The Labute approximate surface area is 89.9 Å². The third-order valence-electron chi connectivity index (χ3n) is 3.72. The molecule has 2 fully saturated rings. The van der Waals surface area contributed by atoms with Crippen molar-refractivity contribution in [3.8, 4) is 0 Å². The second kappa shape index (κ2) is 4.10. The molecule has 1 saturated carbocycles. The monoisotopic (exact) mass is 213 g/mol. The maximum Gasteiger partial charge on any atom is 0.225 e. The summed E-state index contributed by atoms with van der Waals surface area (Å²) in [6, 6.07) is 0. The van der Waals surface area contributed by atoms with Crippen LogP contribution in [0.1, 0.15) is 32.1 Å². The Morgan fingerprint density at radius 3 is 2.53 bits per heavy atom. The van der Waals surface area contributed by atoms with Crippen LogP contribution in [-0.2, 0) is 4.79 Å². The molecule has 0 radical (unpaired) electrons. The molecule has 1 amide bonds. The fourth-order valence-electron chi connectivity index (χ4n) is 2.80. The minimum Gasteiger partial charge on any atom is -0.396 e. The van der Waals surface area contributed by atoms with Crippen molar-refractivity contribution in [2.24, 2.45) is 5.41 Å². The zero-order chi connectivity index (χ0) is 10.9. The van der Waals surface area contributed by atoms with E-state index in [4.69, 9.17) is 0 Å². The van der Waals surface area contributed by atoms with Gasteiger partial charge in [-0.05, 0) is 12.8 Å². The number of likely N-dealkylation sites (tertiary alicyclic amines) is 1. The SMILES string of the molecule is O=C1CC(O)CN1CC1(CO)CCCC1. The Bertz CT molecular complexity index is 248. The lowest BCUT2D eigenvalue weighted by molar-refractivity contribution is -0.129. The summed E-state index contributed by atoms with van der Waals surface area (Å²) in [6.45, 7) is 1.23. The number of amides is 1. The number of aliphatic hydroxyl groups is 2. The van der Waals surface area contributed by atoms with Crippen molar-refractivity contribution in [2.45, 2.75) is 38.2 Å². The van der Waals surface area contributed by atoms with Crippen LogP contribution in [0.5, 0.6) is 0 Å². The highest BCUT2D eigenvalue weighted by atomic mass is 16.3. The van der Waals surface area contributed by atoms with Crippen LogP contribution in [0.15, 0.2) is 0 Å². The molecule has 2 aliphatic rings. The van der Waals surface area contributed by atoms with Gasteiger partial charge < -0.3 is 15.1 Å². The van der Waals surface area contributed by atoms with Crippen molar-refractivity contribution in [3.63, 3.8) is 0 Å². The topological polar surface area (TPSA) is 60.8 Å². The number of nitrogens with zero attached hydrogens (tertiary/aromatic N) is 1. The zero-order valence-corrected chi connectivity index (χ0v) is 8.98. The number of aliphatic hydroxyl groups excluding tert-OH is 2. The second-order valence-electron chi connectivity index (χ2n) is 5.00. The molecule has 0 spiro atoms. The molecule has 1 aliphatic heterocycles. The van der Waals surface area contributed by atoms with E-state index in [0.717, 1.165) is 25.7 Å². The van der Waals surface area contributed by atoms with E-state index in [2.05, 4.69) is 0 Å². The molecule has 86 valence electrons. The number of hydrogen-bond donors (Lipinski definition) is 2. The van der Waals surface area contributed by atoms with E-state index in [1.165, 1.54) is 0 Å². The number of carbonyl (C=O) groups is 1. The lowest BCUT2D eigenvalue weighted by atomic mass is 9.86. The zero-order valence-electron chi connectivity index (χ0n) is 8.98. The average Bonchev–Trinajstić information content (AvgIpc) is 2.76. The first kappa shape index (κ1) is 10.9. The predicted octanol–water partition coefficient (Wildman–Crippen LogP) is 0.132. The van der Waals surface area contributed by atoms with E-state index in [1.54, 1.807) is 4.90 Å². The number of rotatable bonds is 3. The molecular weight excluding hydrogens is 194 g/mol. The molecule has 4 heteroatoms. The second-order valence-corrected chi connectivity index (χ2v) is 5.00. The van der Waals surface area contributed by atoms with Gasteiger partial charge in [0, 0.05) is 18.5 Å². The lowest BCUT2D eigenvalue weighted by Gasteiger charge is -2.31. The highest BCUT2D eigenvalue weighted by molar-refractivity contribution is 5.79. The van der Waals surface area contributed by atoms with Crippen LogP contribution in [0.25, 0.3) is 0 Å². The first-order valence-corrected chi connectivity index (χ1v) is 5.72. The molecule has 1 atom stereocenters. The average molecular weight is 213 g/mol. The van der Waals surface area contributed by atoms with Crippen LogP contribution < -0.4 is 0 Å². The quantitative estimate of drug-likeness (QED) is 0.700. The molecule has 1 saturated heterocycles. The lowest BCUT2D eigenvalue weighted by Crippen LogP contribution is -2.39. The van der Waals surface area contributed by atoms with Crippen molar-refractivity contribution in [1.82, 2.24) is 4.90 Å². The largest absolute Gasteiger partial charge is 0.396 e. The molecule has 4 nitrogen and oxygen atoms in total. The van der Waals surface area contributed by atoms with Crippen LogP contribution in [0.4, 0.5) is 0 Å². The highest BCUT2D eigenvalue weighted by Gasteiger charge is 2.39. The van der Waals surface area contributed by atoms with Gasteiger partial charge in [-0.2, -0.15) is 0 Å². The summed E-state index contributed by atoms with van der Waals surface area (Å²) >= 11 is 0. The van der Waals surface area contributed by atoms with Gasteiger partial charge in [-0.3, -0.25) is 4.79 Å². The minimum absolute atomic E-state index is 0.0298. The summed E-state index contributed by atoms with van der Waals surface area (Å²) in [6.07, 6.45) is 4.04. The van der Waals surface area contributed by atoms with Gasteiger partial charge in [0.05, 0.1) is 19.1 Å².